The Bertz CT molecular complexity index is 335. The molecule has 0 saturated carbocycles. The number of hydrogen-bond donors (Lipinski definition) is 1. The fourth-order valence-electron chi connectivity index (χ4n) is 1.40. The Hall–Kier alpha value is -0.960. The van der Waals surface area contributed by atoms with E-state index in [1.165, 1.54) is 12.1 Å². The quantitative estimate of drug-likeness (QED) is 0.831. The van der Waals surface area contributed by atoms with Crippen molar-refractivity contribution in [3.05, 3.63) is 35.4 Å². The van der Waals surface area contributed by atoms with Crippen molar-refractivity contribution in [2.75, 3.05) is 6.54 Å². The van der Waals surface area contributed by atoms with Gasteiger partial charge in [-0.05, 0) is 30.0 Å². The second-order valence-electron chi connectivity index (χ2n) is 5.37. The van der Waals surface area contributed by atoms with E-state index in [4.69, 9.17) is 0 Å². The minimum absolute atomic E-state index is 0.0515. The maximum Gasteiger partial charge on any atom is 0.126 e. The summed E-state index contributed by atoms with van der Waals surface area (Å²) < 4.78 is 26.0. The molecule has 0 amide bonds. The van der Waals surface area contributed by atoms with E-state index in [1.54, 1.807) is 0 Å². The molecule has 0 fully saturated rings. The highest BCUT2D eigenvalue weighted by Crippen LogP contribution is 2.18. The summed E-state index contributed by atoms with van der Waals surface area (Å²) in [5.74, 6) is -1.06. The van der Waals surface area contributed by atoms with E-state index < -0.39 is 11.6 Å². The van der Waals surface area contributed by atoms with Crippen molar-refractivity contribution in [1.82, 2.24) is 5.32 Å². The minimum atomic E-state index is -0.528. The van der Waals surface area contributed by atoms with Gasteiger partial charge in [-0.1, -0.05) is 20.8 Å². The molecular formula is C13H19F2N. The standard InChI is InChI=1S/C13H19F2N/c1-9(16-8-13(2,3)4)10-5-11(14)7-12(15)6-10/h5-7,9,16H,8H2,1-4H3. The van der Waals surface area contributed by atoms with E-state index in [-0.39, 0.29) is 11.5 Å². The van der Waals surface area contributed by atoms with Crippen LogP contribution in [0.3, 0.4) is 0 Å². The molecule has 0 radical (unpaired) electrons. The average molecular weight is 227 g/mol. The van der Waals surface area contributed by atoms with E-state index in [1.807, 2.05) is 6.92 Å². The van der Waals surface area contributed by atoms with Gasteiger partial charge in [-0.2, -0.15) is 0 Å². The van der Waals surface area contributed by atoms with Crippen LogP contribution in [-0.4, -0.2) is 6.54 Å². The Morgan fingerprint density at radius 2 is 1.62 bits per heavy atom. The second kappa shape index (κ2) is 4.91. The van der Waals surface area contributed by atoms with Crippen LogP contribution in [0, 0.1) is 17.0 Å². The van der Waals surface area contributed by atoms with Crippen molar-refractivity contribution in [3.8, 4) is 0 Å². The Labute approximate surface area is 95.9 Å². The smallest absolute Gasteiger partial charge is 0.126 e. The van der Waals surface area contributed by atoms with Gasteiger partial charge in [0, 0.05) is 18.7 Å². The zero-order valence-electron chi connectivity index (χ0n) is 10.3. The molecule has 1 rings (SSSR count). The molecule has 0 aliphatic carbocycles. The summed E-state index contributed by atoms with van der Waals surface area (Å²) in [6, 6.07) is 3.57. The zero-order valence-corrected chi connectivity index (χ0v) is 10.3. The molecule has 90 valence electrons. The third kappa shape index (κ3) is 4.27. The molecule has 3 heteroatoms. The molecule has 1 unspecified atom stereocenters. The normalized spacial score (nSPS) is 13.9. The van der Waals surface area contributed by atoms with Gasteiger partial charge in [0.25, 0.3) is 0 Å². The summed E-state index contributed by atoms with van der Waals surface area (Å²) in [5.41, 5.74) is 0.793. The Morgan fingerprint density at radius 3 is 2.06 bits per heavy atom. The molecule has 1 atom stereocenters. The van der Waals surface area contributed by atoms with Gasteiger partial charge in [-0.3, -0.25) is 0 Å². The highest BCUT2D eigenvalue weighted by atomic mass is 19.1. The first-order chi connectivity index (χ1) is 7.28. The van der Waals surface area contributed by atoms with Gasteiger partial charge < -0.3 is 5.32 Å². The maximum absolute atomic E-state index is 13.0. The van der Waals surface area contributed by atoms with Crippen molar-refractivity contribution in [2.24, 2.45) is 5.41 Å². The third-order valence-electron chi connectivity index (χ3n) is 2.32. The van der Waals surface area contributed by atoms with Crippen LogP contribution in [0.4, 0.5) is 8.78 Å². The van der Waals surface area contributed by atoms with Gasteiger partial charge in [0.1, 0.15) is 11.6 Å². The molecule has 0 aliphatic rings. The molecule has 0 aliphatic heterocycles. The molecule has 0 saturated heterocycles. The van der Waals surface area contributed by atoms with E-state index in [9.17, 15) is 8.78 Å². The lowest BCUT2D eigenvalue weighted by Gasteiger charge is -2.23. The fourth-order valence-corrected chi connectivity index (χ4v) is 1.40. The number of hydrogen-bond acceptors (Lipinski definition) is 1. The average Bonchev–Trinajstić information content (AvgIpc) is 2.11. The van der Waals surface area contributed by atoms with Gasteiger partial charge in [-0.25, -0.2) is 8.78 Å². The van der Waals surface area contributed by atoms with Gasteiger partial charge in [0.05, 0.1) is 0 Å². The number of halogens is 2. The number of nitrogens with one attached hydrogen (secondary N) is 1. The number of benzene rings is 1. The zero-order chi connectivity index (χ0) is 12.3. The monoisotopic (exact) mass is 227 g/mol. The molecule has 16 heavy (non-hydrogen) atoms. The van der Waals surface area contributed by atoms with Gasteiger partial charge in [-0.15, -0.1) is 0 Å². The Morgan fingerprint density at radius 1 is 1.12 bits per heavy atom. The first-order valence-electron chi connectivity index (χ1n) is 5.47. The molecule has 0 heterocycles. The highest BCUT2D eigenvalue weighted by molar-refractivity contribution is 5.20. The van der Waals surface area contributed by atoms with Crippen LogP contribution >= 0.6 is 0 Å². The first-order valence-corrected chi connectivity index (χ1v) is 5.47. The lowest BCUT2D eigenvalue weighted by atomic mass is 9.96. The molecule has 0 aromatic heterocycles. The van der Waals surface area contributed by atoms with Crippen molar-refractivity contribution < 1.29 is 8.78 Å². The topological polar surface area (TPSA) is 12.0 Å². The van der Waals surface area contributed by atoms with Crippen LogP contribution in [-0.2, 0) is 0 Å². The van der Waals surface area contributed by atoms with Crippen LogP contribution in [0.25, 0.3) is 0 Å². The van der Waals surface area contributed by atoms with E-state index in [0.717, 1.165) is 12.6 Å². The lowest BCUT2D eigenvalue weighted by molar-refractivity contribution is 0.359. The molecule has 1 aromatic carbocycles. The van der Waals surface area contributed by atoms with E-state index in [0.29, 0.717) is 5.56 Å². The van der Waals surface area contributed by atoms with E-state index >= 15 is 0 Å². The molecule has 1 nitrogen and oxygen atoms in total. The Balaban J connectivity index is 2.69. The fraction of sp³-hybridized carbons (Fsp3) is 0.538. The molecule has 1 N–H and O–H groups in total. The highest BCUT2D eigenvalue weighted by Gasteiger charge is 2.13. The van der Waals surface area contributed by atoms with Crippen molar-refractivity contribution >= 4 is 0 Å². The van der Waals surface area contributed by atoms with Crippen molar-refractivity contribution in [1.29, 1.82) is 0 Å². The van der Waals surface area contributed by atoms with Gasteiger partial charge >= 0.3 is 0 Å². The van der Waals surface area contributed by atoms with Crippen LogP contribution < -0.4 is 5.32 Å². The van der Waals surface area contributed by atoms with Gasteiger partial charge in [0.15, 0.2) is 0 Å². The summed E-state index contributed by atoms with van der Waals surface area (Å²) in [5, 5.41) is 3.26. The van der Waals surface area contributed by atoms with Crippen LogP contribution in [0.15, 0.2) is 18.2 Å². The maximum atomic E-state index is 13.0. The molecule has 1 aromatic rings. The Kier molecular flexibility index (Phi) is 4.03. The first kappa shape index (κ1) is 13.1. The molecular weight excluding hydrogens is 208 g/mol. The minimum Gasteiger partial charge on any atom is -0.310 e. The second-order valence-corrected chi connectivity index (χ2v) is 5.37. The van der Waals surface area contributed by atoms with E-state index in [2.05, 4.69) is 26.1 Å². The molecule has 0 bridgehead atoms. The van der Waals surface area contributed by atoms with Crippen LogP contribution in [0.2, 0.25) is 0 Å². The van der Waals surface area contributed by atoms with Crippen LogP contribution in [0.5, 0.6) is 0 Å². The summed E-state index contributed by atoms with van der Waals surface area (Å²) in [7, 11) is 0. The van der Waals surface area contributed by atoms with Gasteiger partial charge in [0.2, 0.25) is 0 Å². The summed E-state index contributed by atoms with van der Waals surface area (Å²) in [6.45, 7) is 9.03. The van der Waals surface area contributed by atoms with Crippen molar-refractivity contribution in [2.45, 2.75) is 33.7 Å². The third-order valence-corrected chi connectivity index (χ3v) is 2.32. The largest absolute Gasteiger partial charge is 0.310 e. The summed E-state index contributed by atoms with van der Waals surface area (Å²) in [4.78, 5) is 0. The SMILES string of the molecule is CC(NCC(C)(C)C)c1cc(F)cc(F)c1. The van der Waals surface area contributed by atoms with Crippen molar-refractivity contribution in [3.63, 3.8) is 0 Å². The predicted octanol–water partition coefficient (Wildman–Crippen LogP) is 3.66. The lowest BCUT2D eigenvalue weighted by Crippen LogP contribution is -2.29. The predicted molar refractivity (Wildman–Crippen MR) is 62.2 cm³/mol. The molecule has 0 spiro atoms. The summed E-state index contributed by atoms with van der Waals surface area (Å²) >= 11 is 0. The number of rotatable bonds is 3. The summed E-state index contributed by atoms with van der Waals surface area (Å²) in [6.07, 6.45) is 0. The van der Waals surface area contributed by atoms with Crippen LogP contribution in [0.1, 0.15) is 39.3 Å².